The summed E-state index contributed by atoms with van der Waals surface area (Å²) in [5.41, 5.74) is 2.75. The van der Waals surface area contributed by atoms with E-state index in [1.165, 1.54) is 19.1 Å². The van der Waals surface area contributed by atoms with Gasteiger partial charge in [0.15, 0.2) is 5.78 Å². The molecule has 2 aromatic carbocycles. The Kier molecular flexibility index (Phi) is 3.90. The summed E-state index contributed by atoms with van der Waals surface area (Å²) in [5.74, 6) is -0.422. The van der Waals surface area contributed by atoms with Crippen molar-refractivity contribution in [2.24, 2.45) is 0 Å². The highest BCUT2D eigenvalue weighted by Crippen LogP contribution is 2.26. The second-order valence-electron chi connectivity index (χ2n) is 4.88. The van der Waals surface area contributed by atoms with Gasteiger partial charge in [-0.15, -0.1) is 0 Å². The van der Waals surface area contributed by atoms with Gasteiger partial charge in [0.05, 0.1) is 5.69 Å². The third kappa shape index (κ3) is 2.85. The zero-order chi connectivity index (χ0) is 15.7. The molecule has 0 atom stereocenters. The van der Waals surface area contributed by atoms with Gasteiger partial charge in [-0.2, -0.15) is 5.10 Å². The van der Waals surface area contributed by atoms with E-state index < -0.39 is 0 Å². The molecule has 0 aliphatic rings. The summed E-state index contributed by atoms with van der Waals surface area (Å²) in [4.78, 5) is 11.9. The van der Waals surface area contributed by atoms with Crippen molar-refractivity contribution in [2.45, 2.75) is 6.92 Å². The Morgan fingerprint density at radius 1 is 1.09 bits per heavy atom. The van der Waals surface area contributed by atoms with Gasteiger partial charge in [-0.05, 0) is 42.0 Å². The number of hydrogen-bond acceptors (Lipinski definition) is 2. The van der Waals surface area contributed by atoms with Crippen LogP contribution in [0.25, 0.3) is 16.8 Å². The second-order valence-corrected chi connectivity index (χ2v) is 5.79. The summed E-state index contributed by atoms with van der Waals surface area (Å²) in [5, 5.41) is 4.34. The Morgan fingerprint density at radius 3 is 2.32 bits per heavy atom. The topological polar surface area (TPSA) is 34.9 Å². The van der Waals surface area contributed by atoms with Gasteiger partial charge in [-0.3, -0.25) is 4.79 Å². The van der Waals surface area contributed by atoms with Gasteiger partial charge in [0.2, 0.25) is 0 Å². The van der Waals surface area contributed by atoms with Gasteiger partial charge in [-0.25, -0.2) is 9.07 Å². The van der Waals surface area contributed by atoms with Crippen molar-refractivity contribution in [1.29, 1.82) is 0 Å². The molecule has 0 aliphatic heterocycles. The van der Waals surface area contributed by atoms with Crippen LogP contribution in [0.2, 0.25) is 0 Å². The van der Waals surface area contributed by atoms with Crippen LogP contribution in [0.15, 0.2) is 59.2 Å². The quantitative estimate of drug-likeness (QED) is 0.639. The minimum Gasteiger partial charge on any atom is -0.293 e. The first kappa shape index (κ1) is 14.7. The van der Waals surface area contributed by atoms with E-state index in [-0.39, 0.29) is 11.6 Å². The molecule has 22 heavy (non-hydrogen) atoms. The van der Waals surface area contributed by atoms with Crippen LogP contribution in [0, 0.1) is 5.82 Å². The van der Waals surface area contributed by atoms with Crippen molar-refractivity contribution < 1.29 is 9.18 Å². The highest BCUT2D eigenvalue weighted by Gasteiger charge is 2.15. The molecule has 0 radical (unpaired) electrons. The molecule has 3 nitrogen and oxygen atoms in total. The maximum absolute atomic E-state index is 13.0. The van der Waals surface area contributed by atoms with Crippen LogP contribution in [0.1, 0.15) is 17.4 Å². The Balaban J connectivity index is 2.11. The molecule has 0 fully saturated rings. The van der Waals surface area contributed by atoms with Gasteiger partial charge >= 0.3 is 0 Å². The number of carbonyl (C=O) groups is 1. The number of aromatic nitrogens is 2. The van der Waals surface area contributed by atoms with Gasteiger partial charge in [0.1, 0.15) is 11.5 Å². The van der Waals surface area contributed by atoms with Crippen molar-refractivity contribution in [3.8, 4) is 16.8 Å². The highest BCUT2D eigenvalue weighted by molar-refractivity contribution is 9.10. The molecular formula is C17H12BrFN2O. The van der Waals surface area contributed by atoms with E-state index in [2.05, 4.69) is 21.0 Å². The Labute approximate surface area is 135 Å². The number of hydrogen-bond donors (Lipinski definition) is 0. The summed E-state index contributed by atoms with van der Waals surface area (Å²) in [7, 11) is 0. The number of Topliss-reactive ketones (excluding diaryl/α,β-unsaturated/α-hetero) is 1. The maximum Gasteiger partial charge on any atom is 0.180 e. The third-order valence-corrected chi connectivity index (χ3v) is 3.82. The molecule has 1 heterocycles. The van der Waals surface area contributed by atoms with Crippen molar-refractivity contribution in [1.82, 2.24) is 9.78 Å². The van der Waals surface area contributed by atoms with E-state index in [0.717, 1.165) is 15.6 Å². The average Bonchev–Trinajstić information content (AvgIpc) is 2.94. The highest BCUT2D eigenvalue weighted by atomic mass is 79.9. The van der Waals surface area contributed by atoms with Crippen LogP contribution in [-0.2, 0) is 0 Å². The Bertz CT molecular complexity index is 823. The van der Waals surface area contributed by atoms with E-state index in [9.17, 15) is 9.18 Å². The molecule has 0 bridgehead atoms. The molecule has 5 heteroatoms. The summed E-state index contributed by atoms with van der Waals surface area (Å²) in [6.07, 6.45) is 1.78. The lowest BCUT2D eigenvalue weighted by atomic mass is 10.1. The zero-order valence-electron chi connectivity index (χ0n) is 11.8. The fourth-order valence-corrected chi connectivity index (χ4v) is 2.47. The smallest absolute Gasteiger partial charge is 0.180 e. The summed E-state index contributed by atoms with van der Waals surface area (Å²) >= 11 is 3.39. The SMILES string of the molecule is CC(=O)c1nn(-c2ccc(F)cc2)cc1-c1ccc(Br)cc1. The van der Waals surface area contributed by atoms with Crippen LogP contribution in [0.4, 0.5) is 4.39 Å². The molecule has 110 valence electrons. The Morgan fingerprint density at radius 2 is 1.73 bits per heavy atom. The van der Waals surface area contributed by atoms with E-state index in [1.807, 2.05) is 24.3 Å². The van der Waals surface area contributed by atoms with E-state index in [4.69, 9.17) is 0 Å². The van der Waals surface area contributed by atoms with Gasteiger partial charge in [0, 0.05) is 23.2 Å². The fourth-order valence-electron chi connectivity index (χ4n) is 2.20. The number of halogens is 2. The molecule has 3 aromatic rings. The molecule has 0 N–H and O–H groups in total. The molecular weight excluding hydrogens is 347 g/mol. The maximum atomic E-state index is 13.0. The van der Waals surface area contributed by atoms with Crippen molar-refractivity contribution in [2.75, 3.05) is 0 Å². The first-order chi connectivity index (χ1) is 10.5. The predicted octanol–water partition coefficient (Wildman–Crippen LogP) is 4.64. The minimum atomic E-state index is -0.309. The van der Waals surface area contributed by atoms with Gasteiger partial charge < -0.3 is 0 Å². The molecule has 0 saturated heterocycles. The summed E-state index contributed by atoms with van der Waals surface area (Å²) in [6.45, 7) is 1.49. The van der Waals surface area contributed by atoms with Crippen LogP contribution in [0.3, 0.4) is 0 Å². The van der Waals surface area contributed by atoms with E-state index in [1.54, 1.807) is 23.0 Å². The molecule has 0 unspecified atom stereocenters. The van der Waals surface area contributed by atoms with Crippen molar-refractivity contribution in [3.63, 3.8) is 0 Å². The first-order valence-electron chi connectivity index (χ1n) is 6.67. The van der Waals surface area contributed by atoms with Crippen molar-refractivity contribution >= 4 is 21.7 Å². The van der Waals surface area contributed by atoms with Crippen LogP contribution >= 0.6 is 15.9 Å². The number of benzene rings is 2. The predicted molar refractivity (Wildman–Crippen MR) is 86.7 cm³/mol. The zero-order valence-corrected chi connectivity index (χ0v) is 13.3. The lowest BCUT2D eigenvalue weighted by Crippen LogP contribution is -1.99. The standard InChI is InChI=1S/C17H12BrFN2O/c1-11(22)17-16(12-2-4-13(18)5-3-12)10-21(20-17)15-8-6-14(19)7-9-15/h2-10H,1H3. The third-order valence-electron chi connectivity index (χ3n) is 3.29. The van der Waals surface area contributed by atoms with E-state index >= 15 is 0 Å². The molecule has 0 spiro atoms. The number of nitrogens with zero attached hydrogens (tertiary/aromatic N) is 2. The number of carbonyl (C=O) groups excluding carboxylic acids is 1. The normalized spacial score (nSPS) is 10.7. The molecule has 0 aliphatic carbocycles. The molecule has 0 saturated carbocycles. The Hall–Kier alpha value is -2.27. The lowest BCUT2D eigenvalue weighted by Gasteiger charge is -2.00. The summed E-state index contributed by atoms with van der Waals surface area (Å²) < 4.78 is 15.6. The average molecular weight is 359 g/mol. The fraction of sp³-hybridized carbons (Fsp3) is 0.0588. The van der Waals surface area contributed by atoms with Crippen molar-refractivity contribution in [3.05, 3.63) is 70.7 Å². The first-order valence-corrected chi connectivity index (χ1v) is 7.46. The van der Waals surface area contributed by atoms with Gasteiger partial charge in [0.25, 0.3) is 0 Å². The lowest BCUT2D eigenvalue weighted by molar-refractivity contribution is 0.101. The largest absolute Gasteiger partial charge is 0.293 e. The molecule has 1 aromatic heterocycles. The number of ketones is 1. The minimum absolute atomic E-state index is 0.112. The molecule has 0 amide bonds. The second kappa shape index (κ2) is 5.85. The van der Waals surface area contributed by atoms with E-state index in [0.29, 0.717) is 11.4 Å². The van der Waals surface area contributed by atoms with Crippen LogP contribution in [-0.4, -0.2) is 15.6 Å². The number of rotatable bonds is 3. The van der Waals surface area contributed by atoms with Crippen LogP contribution < -0.4 is 0 Å². The monoisotopic (exact) mass is 358 g/mol. The molecule has 3 rings (SSSR count). The van der Waals surface area contributed by atoms with Crippen LogP contribution in [0.5, 0.6) is 0 Å². The summed E-state index contributed by atoms with van der Waals surface area (Å²) in [6, 6.07) is 13.6. The van der Waals surface area contributed by atoms with Gasteiger partial charge in [-0.1, -0.05) is 28.1 Å².